The fourth-order valence-electron chi connectivity index (χ4n) is 3.19. The van der Waals surface area contributed by atoms with Crippen molar-refractivity contribution in [2.45, 2.75) is 11.9 Å². The molecule has 2 aromatic carbocycles. The van der Waals surface area contributed by atoms with Crippen LogP contribution in [0.15, 0.2) is 54.6 Å². The predicted molar refractivity (Wildman–Crippen MR) is 128 cm³/mol. The van der Waals surface area contributed by atoms with Gasteiger partial charge in [0, 0.05) is 17.5 Å². The number of esters is 2. The van der Waals surface area contributed by atoms with E-state index in [0.29, 0.717) is 39.4 Å². The van der Waals surface area contributed by atoms with E-state index in [1.165, 1.54) is 21.3 Å². The maximum Gasteiger partial charge on any atom is 0.356 e. The minimum Gasteiger partial charge on any atom is -0.496 e. The summed E-state index contributed by atoms with van der Waals surface area (Å²) in [7, 11) is 4.30. The van der Waals surface area contributed by atoms with Crippen molar-refractivity contribution in [2.75, 3.05) is 27.9 Å². The van der Waals surface area contributed by atoms with Gasteiger partial charge in [-0.1, -0.05) is 46.3 Å². The average molecular weight is 530 g/mol. The fourth-order valence-corrected chi connectivity index (χ4v) is 3.47. The summed E-state index contributed by atoms with van der Waals surface area (Å²) in [5.41, 5.74) is 2.91. The first-order chi connectivity index (χ1) is 16.5. The van der Waals surface area contributed by atoms with Crippen molar-refractivity contribution in [3.8, 4) is 28.4 Å². The summed E-state index contributed by atoms with van der Waals surface area (Å²) in [5.74, 6) is 0.141. The molecular weight excluding hydrogens is 506 g/mol. The number of rotatable bonds is 10. The Bertz CT molecular complexity index is 1130. The van der Waals surface area contributed by atoms with Crippen LogP contribution in [0, 0.1) is 0 Å². The third-order valence-electron chi connectivity index (χ3n) is 4.78. The molecule has 0 N–H and O–H groups in total. The molecule has 0 atom stereocenters. The molecule has 0 amide bonds. The van der Waals surface area contributed by atoms with Gasteiger partial charge in [-0.15, -0.1) is 0 Å². The molecule has 0 fully saturated rings. The van der Waals surface area contributed by atoms with Crippen molar-refractivity contribution in [3.05, 3.63) is 71.5 Å². The maximum absolute atomic E-state index is 12.1. The molecule has 0 unspecified atom stereocenters. The summed E-state index contributed by atoms with van der Waals surface area (Å²) in [4.78, 5) is 28.5. The number of hydrogen-bond acceptors (Lipinski definition) is 8. The highest BCUT2D eigenvalue weighted by molar-refractivity contribution is 9.08. The van der Waals surface area contributed by atoms with Gasteiger partial charge in [0.25, 0.3) is 0 Å². The van der Waals surface area contributed by atoms with E-state index < -0.39 is 11.9 Å². The lowest BCUT2D eigenvalue weighted by Gasteiger charge is -2.17. The van der Waals surface area contributed by atoms with Crippen LogP contribution in [0.1, 0.15) is 21.7 Å². The Morgan fingerprint density at radius 1 is 0.941 bits per heavy atom. The largest absolute Gasteiger partial charge is 0.496 e. The molecule has 34 heavy (non-hydrogen) atoms. The summed E-state index contributed by atoms with van der Waals surface area (Å²) >= 11 is 3.37. The van der Waals surface area contributed by atoms with E-state index in [1.54, 1.807) is 18.2 Å². The molecule has 0 bridgehead atoms. The monoisotopic (exact) mass is 529 g/mol. The van der Waals surface area contributed by atoms with E-state index in [1.807, 2.05) is 36.4 Å². The van der Waals surface area contributed by atoms with Gasteiger partial charge in [-0.2, -0.15) is 0 Å². The summed E-state index contributed by atoms with van der Waals surface area (Å²) in [6.45, 7) is -0.122. The first-order valence-corrected chi connectivity index (χ1v) is 11.3. The van der Waals surface area contributed by atoms with Crippen LogP contribution in [0.4, 0.5) is 0 Å². The first-order valence-electron chi connectivity index (χ1n) is 10.2. The Labute approximate surface area is 205 Å². The van der Waals surface area contributed by atoms with Gasteiger partial charge >= 0.3 is 11.9 Å². The van der Waals surface area contributed by atoms with E-state index in [2.05, 4.69) is 20.9 Å². The highest BCUT2D eigenvalue weighted by Gasteiger charge is 2.20. The molecule has 3 aromatic rings. The summed E-state index contributed by atoms with van der Waals surface area (Å²) in [6, 6.07) is 16.0. The highest BCUT2D eigenvalue weighted by atomic mass is 79.9. The standard InChI is InChI=1S/C25H24BrNO7/c1-30-21-11-19(33-15-23(28)34-14-16-7-5-4-6-8-16)12-22(31-2)24(21)17-9-18(13-26)27-20(10-17)25(29)32-3/h4-12H,13-15H2,1-3H3. The Morgan fingerprint density at radius 2 is 1.62 bits per heavy atom. The third-order valence-corrected chi connectivity index (χ3v) is 5.35. The Morgan fingerprint density at radius 3 is 2.21 bits per heavy atom. The second kappa shape index (κ2) is 12.0. The number of carbonyl (C=O) groups is 2. The normalized spacial score (nSPS) is 10.4. The second-order valence-corrected chi connectivity index (χ2v) is 7.56. The van der Waals surface area contributed by atoms with Crippen LogP contribution in [-0.4, -0.2) is 44.9 Å². The number of hydrogen-bond donors (Lipinski definition) is 0. The first kappa shape index (κ1) is 25.0. The molecule has 3 rings (SSSR count). The fraction of sp³-hybridized carbons (Fsp3) is 0.240. The van der Waals surface area contributed by atoms with Crippen LogP contribution in [0.3, 0.4) is 0 Å². The summed E-state index contributed by atoms with van der Waals surface area (Å²) in [6.07, 6.45) is 0. The molecule has 0 aliphatic heterocycles. The van der Waals surface area contributed by atoms with Crippen molar-refractivity contribution in [1.29, 1.82) is 0 Å². The van der Waals surface area contributed by atoms with Gasteiger partial charge in [-0.3, -0.25) is 0 Å². The second-order valence-electron chi connectivity index (χ2n) is 7.00. The molecule has 178 valence electrons. The van der Waals surface area contributed by atoms with Gasteiger partial charge in [0.15, 0.2) is 6.61 Å². The predicted octanol–water partition coefficient (Wildman–Crippen LogP) is 4.57. The molecular formula is C25H24BrNO7. The number of carbonyl (C=O) groups excluding carboxylic acids is 2. The van der Waals surface area contributed by atoms with Crippen LogP contribution in [0.2, 0.25) is 0 Å². The van der Waals surface area contributed by atoms with E-state index in [4.69, 9.17) is 23.7 Å². The van der Waals surface area contributed by atoms with Crippen LogP contribution in [0.5, 0.6) is 17.2 Å². The number of methoxy groups -OCH3 is 3. The summed E-state index contributed by atoms with van der Waals surface area (Å²) in [5, 5.41) is 0.432. The van der Waals surface area contributed by atoms with Crippen molar-refractivity contribution in [2.24, 2.45) is 0 Å². The van der Waals surface area contributed by atoms with Crippen molar-refractivity contribution in [1.82, 2.24) is 4.98 Å². The van der Waals surface area contributed by atoms with Gasteiger partial charge < -0.3 is 23.7 Å². The molecule has 0 saturated heterocycles. The molecule has 9 heteroatoms. The van der Waals surface area contributed by atoms with Crippen molar-refractivity contribution < 1.29 is 33.3 Å². The van der Waals surface area contributed by atoms with Crippen LogP contribution in [-0.2, 0) is 26.2 Å². The van der Waals surface area contributed by atoms with Crippen molar-refractivity contribution in [3.63, 3.8) is 0 Å². The highest BCUT2D eigenvalue weighted by Crippen LogP contribution is 2.42. The van der Waals surface area contributed by atoms with E-state index >= 15 is 0 Å². The summed E-state index contributed by atoms with van der Waals surface area (Å²) < 4.78 is 26.8. The molecule has 8 nitrogen and oxygen atoms in total. The average Bonchev–Trinajstić information content (AvgIpc) is 2.89. The zero-order valence-electron chi connectivity index (χ0n) is 19.0. The smallest absolute Gasteiger partial charge is 0.356 e. The van der Waals surface area contributed by atoms with E-state index in [9.17, 15) is 9.59 Å². The lowest BCUT2D eigenvalue weighted by atomic mass is 10.0. The lowest BCUT2D eigenvalue weighted by molar-refractivity contribution is -0.147. The van der Waals surface area contributed by atoms with E-state index in [-0.39, 0.29) is 18.9 Å². The van der Waals surface area contributed by atoms with Gasteiger partial charge in [0.05, 0.1) is 32.6 Å². The van der Waals surface area contributed by atoms with Gasteiger partial charge in [0.2, 0.25) is 0 Å². The quantitative estimate of drug-likeness (QED) is 0.278. The van der Waals surface area contributed by atoms with Crippen LogP contribution >= 0.6 is 15.9 Å². The van der Waals surface area contributed by atoms with Gasteiger partial charge in [-0.25, -0.2) is 14.6 Å². The molecule has 0 saturated carbocycles. The number of halogens is 1. The number of pyridine rings is 1. The molecule has 0 aliphatic rings. The Kier molecular flexibility index (Phi) is 8.86. The van der Waals surface area contributed by atoms with Crippen LogP contribution < -0.4 is 14.2 Å². The lowest BCUT2D eigenvalue weighted by Crippen LogP contribution is -2.15. The maximum atomic E-state index is 12.1. The number of aromatic nitrogens is 1. The Balaban J connectivity index is 1.83. The Hall–Kier alpha value is -3.59. The van der Waals surface area contributed by atoms with Crippen LogP contribution in [0.25, 0.3) is 11.1 Å². The third kappa shape index (κ3) is 6.26. The minimum atomic E-state index is -0.559. The molecule has 0 radical (unpaired) electrons. The zero-order valence-corrected chi connectivity index (χ0v) is 20.6. The molecule has 1 heterocycles. The molecule has 0 aliphatic carbocycles. The number of ether oxygens (including phenoxy) is 5. The minimum absolute atomic E-state index is 0.153. The van der Waals surface area contributed by atoms with Gasteiger partial charge in [-0.05, 0) is 23.3 Å². The molecule has 0 spiro atoms. The SMILES string of the molecule is COC(=O)c1cc(-c2c(OC)cc(OCC(=O)OCc3ccccc3)cc2OC)cc(CBr)n1. The topological polar surface area (TPSA) is 93.2 Å². The van der Waals surface area contributed by atoms with E-state index in [0.717, 1.165) is 5.56 Å². The molecule has 1 aromatic heterocycles. The zero-order chi connectivity index (χ0) is 24.5. The van der Waals surface area contributed by atoms with Crippen molar-refractivity contribution >= 4 is 27.9 Å². The number of alkyl halides is 1. The number of nitrogens with zero attached hydrogens (tertiary/aromatic N) is 1. The van der Waals surface area contributed by atoms with Gasteiger partial charge in [0.1, 0.15) is 29.5 Å². The number of benzene rings is 2.